The van der Waals surface area contributed by atoms with Gasteiger partial charge in [0.05, 0.1) is 17.7 Å². The number of carboxylic acids is 1. The van der Waals surface area contributed by atoms with E-state index in [1.54, 1.807) is 48.7 Å². The van der Waals surface area contributed by atoms with Crippen molar-refractivity contribution in [1.82, 2.24) is 4.98 Å². The molecule has 0 aliphatic rings. The van der Waals surface area contributed by atoms with Crippen LogP contribution in [0.1, 0.15) is 21.5 Å². The van der Waals surface area contributed by atoms with Gasteiger partial charge in [0.25, 0.3) is 0 Å². The van der Waals surface area contributed by atoms with Crippen molar-refractivity contribution >= 4 is 17.6 Å². The maximum Gasteiger partial charge on any atom is 0.337 e. The minimum absolute atomic E-state index is 0.0363. The Hall–Kier alpha value is -4.65. The second-order valence-corrected chi connectivity index (χ2v) is 7.43. The average molecular weight is 454 g/mol. The molecule has 2 N–H and O–H groups in total. The average Bonchev–Trinajstić information content (AvgIpc) is 2.85. The molecule has 7 heteroatoms. The summed E-state index contributed by atoms with van der Waals surface area (Å²) >= 11 is 0. The second-order valence-electron chi connectivity index (χ2n) is 7.43. The van der Waals surface area contributed by atoms with Crippen molar-refractivity contribution in [3.05, 3.63) is 114 Å². The van der Waals surface area contributed by atoms with Gasteiger partial charge in [-0.25, -0.2) is 9.78 Å². The molecule has 7 nitrogen and oxygen atoms in total. The summed E-state index contributed by atoms with van der Waals surface area (Å²) in [6.07, 6.45) is 1.60. The van der Waals surface area contributed by atoms with Crippen LogP contribution in [0.2, 0.25) is 0 Å². The SMILES string of the molecule is O=C(Cc1ccc(Oc2ccc(OCc3ccccc3)cc2)nc1)Nc1ccccc1C(=O)O. The van der Waals surface area contributed by atoms with E-state index < -0.39 is 5.97 Å². The third-order valence-corrected chi connectivity index (χ3v) is 4.89. The lowest BCUT2D eigenvalue weighted by Gasteiger charge is -2.09. The Balaban J connectivity index is 1.29. The number of anilines is 1. The van der Waals surface area contributed by atoms with E-state index in [1.165, 1.54) is 6.07 Å². The Bertz CT molecular complexity index is 1260. The molecule has 4 rings (SSSR count). The Morgan fingerprint density at radius 1 is 0.794 bits per heavy atom. The van der Waals surface area contributed by atoms with E-state index in [4.69, 9.17) is 9.47 Å². The lowest BCUT2D eigenvalue weighted by molar-refractivity contribution is -0.115. The van der Waals surface area contributed by atoms with Gasteiger partial charge in [-0.2, -0.15) is 0 Å². The first kappa shape index (κ1) is 22.5. The number of rotatable bonds is 9. The maximum atomic E-state index is 12.3. The third kappa shape index (κ3) is 6.20. The van der Waals surface area contributed by atoms with Crippen LogP contribution in [0.4, 0.5) is 5.69 Å². The molecule has 3 aromatic carbocycles. The molecule has 0 aliphatic carbocycles. The van der Waals surface area contributed by atoms with Crippen molar-refractivity contribution in [2.24, 2.45) is 0 Å². The number of carbonyl (C=O) groups excluding carboxylic acids is 1. The molecule has 4 aromatic rings. The standard InChI is InChI=1S/C27H22N2O5/c30-25(29-24-9-5-4-8-23(24)27(31)32)16-20-10-15-26(28-17-20)34-22-13-11-21(12-14-22)33-18-19-6-2-1-3-7-19/h1-15,17H,16,18H2,(H,29,30)(H,31,32). The summed E-state index contributed by atoms with van der Waals surface area (Å²) in [7, 11) is 0. The number of benzene rings is 3. The zero-order chi connectivity index (χ0) is 23.8. The summed E-state index contributed by atoms with van der Waals surface area (Å²) in [5.41, 5.74) is 2.05. The smallest absolute Gasteiger partial charge is 0.337 e. The topological polar surface area (TPSA) is 97.8 Å². The van der Waals surface area contributed by atoms with Gasteiger partial charge >= 0.3 is 5.97 Å². The van der Waals surface area contributed by atoms with Crippen molar-refractivity contribution in [2.45, 2.75) is 13.0 Å². The van der Waals surface area contributed by atoms with Crippen molar-refractivity contribution < 1.29 is 24.2 Å². The van der Waals surface area contributed by atoms with Crippen LogP contribution in [0, 0.1) is 0 Å². The van der Waals surface area contributed by atoms with Crippen LogP contribution in [0.5, 0.6) is 17.4 Å². The largest absolute Gasteiger partial charge is 0.489 e. The molecular weight excluding hydrogens is 432 g/mol. The highest BCUT2D eigenvalue weighted by molar-refractivity contribution is 6.00. The molecule has 0 saturated carbocycles. The van der Waals surface area contributed by atoms with Crippen LogP contribution in [0.15, 0.2) is 97.2 Å². The Morgan fingerprint density at radius 3 is 2.21 bits per heavy atom. The second kappa shape index (κ2) is 10.8. The van der Waals surface area contributed by atoms with Crippen LogP contribution < -0.4 is 14.8 Å². The molecule has 0 fully saturated rings. The highest BCUT2D eigenvalue weighted by Crippen LogP contribution is 2.23. The van der Waals surface area contributed by atoms with Crippen molar-refractivity contribution in [3.8, 4) is 17.4 Å². The molecule has 0 radical (unpaired) electrons. The zero-order valence-corrected chi connectivity index (χ0v) is 18.2. The van der Waals surface area contributed by atoms with Crippen molar-refractivity contribution in [2.75, 3.05) is 5.32 Å². The number of carbonyl (C=O) groups is 2. The van der Waals surface area contributed by atoms with Gasteiger partial charge in [-0.05, 0) is 47.5 Å². The number of hydrogen-bond acceptors (Lipinski definition) is 5. The molecule has 1 aromatic heterocycles. The third-order valence-electron chi connectivity index (χ3n) is 4.89. The normalized spacial score (nSPS) is 10.4. The number of nitrogens with zero attached hydrogens (tertiary/aromatic N) is 1. The molecule has 0 atom stereocenters. The molecule has 0 bridgehead atoms. The van der Waals surface area contributed by atoms with Crippen LogP contribution >= 0.6 is 0 Å². The monoisotopic (exact) mass is 454 g/mol. The predicted octanol–water partition coefficient (Wildman–Crippen LogP) is 5.33. The fourth-order valence-corrected chi connectivity index (χ4v) is 3.20. The minimum atomic E-state index is -1.10. The Kier molecular flexibility index (Phi) is 7.15. The van der Waals surface area contributed by atoms with E-state index in [9.17, 15) is 14.7 Å². The first-order valence-electron chi connectivity index (χ1n) is 10.6. The lowest BCUT2D eigenvalue weighted by Crippen LogP contribution is -2.16. The molecule has 0 aliphatic heterocycles. The van der Waals surface area contributed by atoms with E-state index >= 15 is 0 Å². The zero-order valence-electron chi connectivity index (χ0n) is 18.2. The van der Waals surface area contributed by atoms with E-state index in [0.717, 1.165) is 11.3 Å². The predicted molar refractivity (Wildman–Crippen MR) is 127 cm³/mol. The number of nitrogens with one attached hydrogen (secondary N) is 1. The Morgan fingerprint density at radius 2 is 1.50 bits per heavy atom. The number of hydrogen-bond donors (Lipinski definition) is 2. The van der Waals surface area contributed by atoms with Gasteiger partial charge in [0, 0.05) is 12.3 Å². The van der Waals surface area contributed by atoms with Gasteiger partial charge in [0.1, 0.15) is 18.1 Å². The van der Waals surface area contributed by atoms with Gasteiger partial charge in [0.15, 0.2) is 0 Å². The highest BCUT2D eigenvalue weighted by Gasteiger charge is 2.12. The van der Waals surface area contributed by atoms with E-state index in [2.05, 4.69) is 10.3 Å². The number of aromatic nitrogens is 1. The van der Waals surface area contributed by atoms with Crippen LogP contribution in [-0.2, 0) is 17.8 Å². The highest BCUT2D eigenvalue weighted by atomic mass is 16.5. The van der Waals surface area contributed by atoms with Gasteiger partial charge in [-0.1, -0.05) is 48.5 Å². The quantitative estimate of drug-likeness (QED) is 0.355. The summed E-state index contributed by atoms with van der Waals surface area (Å²) in [5.74, 6) is 0.286. The van der Waals surface area contributed by atoms with E-state index in [1.807, 2.05) is 42.5 Å². The van der Waals surface area contributed by atoms with E-state index in [0.29, 0.717) is 23.8 Å². The lowest BCUT2D eigenvalue weighted by atomic mass is 10.1. The van der Waals surface area contributed by atoms with Gasteiger partial charge in [-0.15, -0.1) is 0 Å². The number of amides is 1. The van der Waals surface area contributed by atoms with Crippen molar-refractivity contribution in [3.63, 3.8) is 0 Å². The minimum Gasteiger partial charge on any atom is -0.489 e. The summed E-state index contributed by atoms with van der Waals surface area (Å²) in [4.78, 5) is 27.9. The molecule has 0 saturated heterocycles. The summed E-state index contributed by atoms with van der Waals surface area (Å²) in [6, 6.07) is 26.8. The number of para-hydroxylation sites is 1. The van der Waals surface area contributed by atoms with Crippen LogP contribution in [0.25, 0.3) is 0 Å². The number of ether oxygens (including phenoxy) is 2. The first-order chi connectivity index (χ1) is 16.6. The summed E-state index contributed by atoms with van der Waals surface area (Å²) in [5, 5.41) is 11.9. The van der Waals surface area contributed by atoms with Crippen LogP contribution in [-0.4, -0.2) is 22.0 Å². The molecule has 34 heavy (non-hydrogen) atoms. The van der Waals surface area contributed by atoms with E-state index in [-0.39, 0.29) is 23.6 Å². The maximum absolute atomic E-state index is 12.3. The molecular formula is C27H22N2O5. The van der Waals surface area contributed by atoms with Gasteiger partial charge < -0.3 is 19.9 Å². The number of pyridine rings is 1. The summed E-state index contributed by atoms with van der Waals surface area (Å²) in [6.45, 7) is 0.486. The number of carboxylic acid groups (broad SMARTS) is 1. The van der Waals surface area contributed by atoms with Gasteiger partial charge in [0.2, 0.25) is 11.8 Å². The molecule has 1 amide bonds. The summed E-state index contributed by atoms with van der Waals surface area (Å²) < 4.78 is 11.5. The van der Waals surface area contributed by atoms with Crippen molar-refractivity contribution in [1.29, 1.82) is 0 Å². The molecule has 0 spiro atoms. The first-order valence-corrected chi connectivity index (χ1v) is 10.6. The van der Waals surface area contributed by atoms with Gasteiger partial charge in [-0.3, -0.25) is 4.79 Å². The Labute approximate surface area is 196 Å². The molecule has 1 heterocycles. The molecule has 0 unspecified atom stereocenters. The van der Waals surface area contributed by atoms with Crippen LogP contribution in [0.3, 0.4) is 0 Å². The fraction of sp³-hybridized carbons (Fsp3) is 0.0741. The number of aromatic carboxylic acids is 1. The fourth-order valence-electron chi connectivity index (χ4n) is 3.20. The molecule has 170 valence electrons.